The van der Waals surface area contributed by atoms with Crippen molar-refractivity contribution in [2.24, 2.45) is 0 Å². The van der Waals surface area contributed by atoms with Crippen molar-refractivity contribution in [2.45, 2.75) is 0 Å². The van der Waals surface area contributed by atoms with E-state index in [1.807, 2.05) is 5.32 Å². The fraction of sp³-hybridized carbons (Fsp3) is 0.214. The van der Waals surface area contributed by atoms with E-state index in [1.165, 1.54) is 19.2 Å². The van der Waals surface area contributed by atoms with Gasteiger partial charge in [-0.3, -0.25) is 10.1 Å². The van der Waals surface area contributed by atoms with E-state index in [0.717, 1.165) is 5.56 Å². The summed E-state index contributed by atoms with van der Waals surface area (Å²) in [5, 5.41) is 4.17. The Morgan fingerprint density at radius 2 is 2.05 bits per heavy atom. The summed E-state index contributed by atoms with van der Waals surface area (Å²) in [6, 6.07) is 4.52. The number of esters is 1. The summed E-state index contributed by atoms with van der Waals surface area (Å²) in [6.45, 7) is -0.372. The van der Waals surface area contributed by atoms with Crippen molar-refractivity contribution in [1.29, 1.82) is 0 Å². The van der Waals surface area contributed by atoms with Crippen LogP contribution < -0.4 is 20.1 Å². The standard InChI is InChI=1S/C14H14N2O6/c1-15-14(19)16-12(17)7-20-13(18)5-3-9-2-4-10-11(6-9)22-8-21-10/h2-6H,7-8H2,1H3,(H2,15,16,17,19)/b5-3+. The Kier molecular flexibility index (Phi) is 4.97. The molecule has 2 rings (SSSR count). The van der Waals surface area contributed by atoms with Gasteiger partial charge in [0.2, 0.25) is 6.79 Å². The molecule has 0 spiro atoms. The van der Waals surface area contributed by atoms with Crippen LogP contribution in [0.15, 0.2) is 24.3 Å². The lowest BCUT2D eigenvalue weighted by molar-refractivity contribution is -0.143. The predicted octanol–water partition coefficient (Wildman–Crippen LogP) is 0.427. The Balaban J connectivity index is 1.81. The first kappa shape index (κ1) is 15.4. The van der Waals surface area contributed by atoms with Crippen LogP contribution in [0.25, 0.3) is 6.08 Å². The van der Waals surface area contributed by atoms with E-state index >= 15 is 0 Å². The number of benzene rings is 1. The minimum atomic E-state index is -0.718. The quantitative estimate of drug-likeness (QED) is 0.617. The van der Waals surface area contributed by atoms with E-state index in [2.05, 4.69) is 10.1 Å². The van der Waals surface area contributed by atoms with Crippen LogP contribution in [0.2, 0.25) is 0 Å². The Hall–Kier alpha value is -3.03. The summed E-state index contributed by atoms with van der Waals surface area (Å²) in [4.78, 5) is 33.5. The largest absolute Gasteiger partial charge is 0.454 e. The van der Waals surface area contributed by atoms with Gasteiger partial charge in [-0.1, -0.05) is 6.07 Å². The van der Waals surface area contributed by atoms with Gasteiger partial charge in [-0.15, -0.1) is 0 Å². The molecule has 0 aromatic heterocycles. The number of carbonyl (C=O) groups is 3. The van der Waals surface area contributed by atoms with Gasteiger partial charge in [-0.05, 0) is 23.8 Å². The molecule has 2 N–H and O–H groups in total. The highest BCUT2D eigenvalue weighted by Crippen LogP contribution is 2.32. The van der Waals surface area contributed by atoms with Gasteiger partial charge < -0.3 is 19.5 Å². The molecule has 116 valence electrons. The second kappa shape index (κ2) is 7.11. The van der Waals surface area contributed by atoms with Crippen LogP contribution in [0.4, 0.5) is 4.79 Å². The minimum absolute atomic E-state index is 0.172. The second-order valence-electron chi connectivity index (χ2n) is 4.18. The molecule has 8 heteroatoms. The molecule has 0 radical (unpaired) electrons. The van der Waals surface area contributed by atoms with Gasteiger partial charge >= 0.3 is 12.0 Å². The van der Waals surface area contributed by atoms with E-state index in [4.69, 9.17) is 9.47 Å². The van der Waals surface area contributed by atoms with Crippen molar-refractivity contribution in [2.75, 3.05) is 20.4 Å². The van der Waals surface area contributed by atoms with Gasteiger partial charge in [0.15, 0.2) is 18.1 Å². The van der Waals surface area contributed by atoms with Gasteiger partial charge in [0, 0.05) is 13.1 Å². The average Bonchev–Trinajstić information content (AvgIpc) is 2.98. The summed E-state index contributed by atoms with van der Waals surface area (Å²) in [6.07, 6.45) is 2.69. The third-order valence-corrected chi connectivity index (χ3v) is 2.63. The smallest absolute Gasteiger partial charge is 0.331 e. The molecular weight excluding hydrogens is 292 g/mol. The zero-order valence-corrected chi connectivity index (χ0v) is 11.8. The van der Waals surface area contributed by atoms with Gasteiger partial charge in [-0.2, -0.15) is 0 Å². The predicted molar refractivity (Wildman–Crippen MR) is 75.2 cm³/mol. The van der Waals surface area contributed by atoms with Crippen molar-refractivity contribution in [3.8, 4) is 11.5 Å². The zero-order chi connectivity index (χ0) is 15.9. The van der Waals surface area contributed by atoms with Crippen LogP contribution in [-0.2, 0) is 14.3 Å². The summed E-state index contributed by atoms with van der Waals surface area (Å²) < 4.78 is 15.1. The maximum Gasteiger partial charge on any atom is 0.331 e. The first-order chi connectivity index (χ1) is 10.6. The van der Waals surface area contributed by atoms with Gasteiger partial charge in [-0.25, -0.2) is 9.59 Å². The van der Waals surface area contributed by atoms with E-state index in [-0.39, 0.29) is 6.79 Å². The van der Waals surface area contributed by atoms with Crippen molar-refractivity contribution >= 4 is 24.0 Å². The van der Waals surface area contributed by atoms with Crippen molar-refractivity contribution in [3.05, 3.63) is 29.8 Å². The SMILES string of the molecule is CNC(=O)NC(=O)COC(=O)/C=C/c1ccc2c(c1)OCO2. The molecule has 0 bridgehead atoms. The molecular formula is C14H14N2O6. The molecule has 0 aliphatic carbocycles. The molecule has 0 unspecified atom stereocenters. The first-order valence-electron chi connectivity index (χ1n) is 6.34. The van der Waals surface area contributed by atoms with E-state index in [9.17, 15) is 14.4 Å². The van der Waals surface area contributed by atoms with Gasteiger partial charge in [0.1, 0.15) is 0 Å². The third-order valence-electron chi connectivity index (χ3n) is 2.63. The molecule has 1 aromatic carbocycles. The number of hydrogen-bond acceptors (Lipinski definition) is 6. The van der Waals surface area contributed by atoms with Crippen LogP contribution in [0.1, 0.15) is 5.56 Å². The van der Waals surface area contributed by atoms with E-state index < -0.39 is 24.5 Å². The normalized spacial score (nSPS) is 12.0. The molecule has 3 amide bonds. The average molecular weight is 306 g/mol. The molecule has 0 fully saturated rings. The van der Waals surface area contributed by atoms with Crippen LogP contribution in [0, 0.1) is 0 Å². The lowest BCUT2D eigenvalue weighted by atomic mass is 10.2. The number of fused-ring (bicyclic) bond motifs is 1. The Bertz CT molecular complexity index is 626. The highest BCUT2D eigenvalue weighted by molar-refractivity contribution is 5.96. The lowest BCUT2D eigenvalue weighted by Crippen LogP contribution is -2.39. The van der Waals surface area contributed by atoms with E-state index in [0.29, 0.717) is 11.5 Å². The van der Waals surface area contributed by atoms with Crippen molar-refractivity contribution in [1.82, 2.24) is 10.6 Å². The van der Waals surface area contributed by atoms with Crippen LogP contribution in [0.3, 0.4) is 0 Å². The zero-order valence-electron chi connectivity index (χ0n) is 11.8. The molecule has 8 nitrogen and oxygen atoms in total. The van der Waals surface area contributed by atoms with Crippen molar-refractivity contribution < 1.29 is 28.6 Å². The number of imide groups is 1. The number of rotatable bonds is 4. The molecule has 0 atom stereocenters. The second-order valence-corrected chi connectivity index (χ2v) is 4.18. The van der Waals surface area contributed by atoms with Crippen LogP contribution in [0.5, 0.6) is 11.5 Å². The molecule has 0 saturated carbocycles. The first-order valence-corrected chi connectivity index (χ1v) is 6.34. The van der Waals surface area contributed by atoms with Crippen LogP contribution in [-0.4, -0.2) is 38.4 Å². The molecule has 1 aromatic rings. The Labute approximate surface area is 126 Å². The minimum Gasteiger partial charge on any atom is -0.454 e. The number of urea groups is 1. The number of amides is 3. The third kappa shape index (κ3) is 4.23. The fourth-order valence-electron chi connectivity index (χ4n) is 1.59. The molecule has 1 heterocycles. The number of ether oxygens (including phenoxy) is 3. The fourth-order valence-corrected chi connectivity index (χ4v) is 1.59. The molecule has 1 aliphatic heterocycles. The maximum absolute atomic E-state index is 11.5. The molecule has 1 aliphatic rings. The Morgan fingerprint density at radius 1 is 1.27 bits per heavy atom. The summed E-state index contributed by atoms with van der Waals surface area (Å²) in [7, 11) is 1.36. The number of hydrogen-bond donors (Lipinski definition) is 2. The van der Waals surface area contributed by atoms with Gasteiger partial charge in [0.05, 0.1) is 0 Å². The lowest BCUT2D eigenvalue weighted by Gasteiger charge is -2.03. The van der Waals surface area contributed by atoms with Crippen LogP contribution >= 0.6 is 0 Å². The summed E-state index contributed by atoms with van der Waals surface area (Å²) in [5.74, 6) is -0.181. The topological polar surface area (TPSA) is 103 Å². The van der Waals surface area contributed by atoms with Crippen molar-refractivity contribution in [3.63, 3.8) is 0 Å². The number of nitrogens with one attached hydrogen (secondary N) is 2. The monoisotopic (exact) mass is 306 g/mol. The molecule has 22 heavy (non-hydrogen) atoms. The van der Waals surface area contributed by atoms with E-state index in [1.54, 1.807) is 18.2 Å². The summed E-state index contributed by atoms with van der Waals surface area (Å²) in [5.41, 5.74) is 0.719. The Morgan fingerprint density at radius 3 is 2.82 bits per heavy atom. The highest BCUT2D eigenvalue weighted by Gasteiger charge is 2.12. The number of carbonyl (C=O) groups excluding carboxylic acids is 3. The van der Waals surface area contributed by atoms with Gasteiger partial charge in [0.25, 0.3) is 5.91 Å². The maximum atomic E-state index is 11.5. The highest BCUT2D eigenvalue weighted by atomic mass is 16.7. The molecule has 0 saturated heterocycles. The summed E-state index contributed by atoms with van der Waals surface area (Å²) >= 11 is 0.